The predicted octanol–water partition coefficient (Wildman–Crippen LogP) is 4.36. The number of aromatic amines is 1. The number of benzene rings is 1. The van der Waals surface area contributed by atoms with E-state index in [1.807, 2.05) is 0 Å². The third-order valence-corrected chi connectivity index (χ3v) is 4.70. The molecule has 3 aromatic rings. The van der Waals surface area contributed by atoms with Gasteiger partial charge in [-0.25, -0.2) is 0 Å². The number of nitrogens with one attached hydrogen (secondary N) is 1. The Bertz CT molecular complexity index is 1020. The summed E-state index contributed by atoms with van der Waals surface area (Å²) in [7, 11) is 0. The molecule has 0 bridgehead atoms. The van der Waals surface area contributed by atoms with Gasteiger partial charge in [-0.05, 0) is 62.7 Å². The number of nitrogens with zero attached hydrogens (tertiary/aromatic N) is 3. The van der Waals surface area contributed by atoms with E-state index in [-0.39, 0.29) is 5.54 Å². The summed E-state index contributed by atoms with van der Waals surface area (Å²) in [5, 5.41) is 8.48. The molecule has 4 nitrogen and oxygen atoms in total. The zero-order valence-corrected chi connectivity index (χ0v) is 14.0. The van der Waals surface area contributed by atoms with Gasteiger partial charge in [0, 0.05) is 10.9 Å². The molecule has 0 radical (unpaired) electrons. The molecule has 3 heterocycles. The van der Waals surface area contributed by atoms with Crippen molar-refractivity contribution in [1.29, 1.82) is 0 Å². The first-order chi connectivity index (χ1) is 10.4. The second-order valence-electron chi connectivity index (χ2n) is 6.52. The lowest BCUT2D eigenvalue weighted by Crippen LogP contribution is -2.27. The second kappa shape index (κ2) is 4.26. The lowest BCUT2D eigenvalue weighted by atomic mass is 9.90. The first-order valence-corrected chi connectivity index (χ1v) is 7.97. The second-order valence-corrected chi connectivity index (χ2v) is 6.91. The Labute approximate surface area is 133 Å². The smallest absolute Gasteiger partial charge is 0.215 e. The van der Waals surface area contributed by atoms with E-state index in [0.717, 1.165) is 23.0 Å². The number of allylic oxidation sites excluding steroid dienone is 2. The lowest BCUT2D eigenvalue weighted by Gasteiger charge is -2.31. The van der Waals surface area contributed by atoms with Crippen LogP contribution >= 0.6 is 12.2 Å². The first kappa shape index (κ1) is 13.6. The van der Waals surface area contributed by atoms with Gasteiger partial charge in [0.25, 0.3) is 0 Å². The molecule has 0 unspecified atom stereocenters. The Balaban J connectivity index is 2.33. The molecule has 0 saturated carbocycles. The minimum absolute atomic E-state index is 0.150. The first-order valence-electron chi connectivity index (χ1n) is 7.56. The van der Waals surface area contributed by atoms with Crippen LogP contribution in [0, 0.1) is 4.77 Å². The SMILES string of the molecule is CCc1cc2c3c(c1)c1n[nH]c(=S)nc1n3C(C)(C)C=C2C. The zero-order valence-electron chi connectivity index (χ0n) is 13.2. The molecule has 1 aliphatic rings. The molecule has 0 fully saturated rings. The summed E-state index contributed by atoms with van der Waals surface area (Å²) in [6, 6.07) is 4.52. The Morgan fingerprint density at radius 2 is 2.09 bits per heavy atom. The summed E-state index contributed by atoms with van der Waals surface area (Å²) < 4.78 is 2.70. The number of fused-ring (bicyclic) bond motifs is 3. The monoisotopic (exact) mass is 310 g/mol. The number of hydrogen-bond acceptors (Lipinski definition) is 3. The van der Waals surface area contributed by atoms with Crippen LogP contribution in [0.1, 0.15) is 38.8 Å². The molecule has 0 atom stereocenters. The number of rotatable bonds is 1. The van der Waals surface area contributed by atoms with Crippen molar-refractivity contribution in [1.82, 2.24) is 19.7 Å². The quantitative estimate of drug-likeness (QED) is 0.679. The molecular formula is C17H18N4S. The number of aromatic nitrogens is 4. The third-order valence-electron chi connectivity index (χ3n) is 4.52. The molecule has 1 aromatic carbocycles. The highest BCUT2D eigenvalue weighted by Crippen LogP contribution is 2.41. The Morgan fingerprint density at radius 3 is 2.82 bits per heavy atom. The Kier molecular flexibility index (Phi) is 2.64. The standard InChI is InChI=1S/C17H18N4S/c1-5-10-6-11-9(2)8-17(3,4)21-14(11)12(7-10)13-15(21)18-16(22)20-19-13/h6-8H,5H2,1-4H3,(H,18,20,22). The van der Waals surface area contributed by atoms with Crippen molar-refractivity contribution in [2.75, 3.05) is 0 Å². The lowest BCUT2D eigenvalue weighted by molar-refractivity contribution is 0.478. The van der Waals surface area contributed by atoms with Crippen molar-refractivity contribution in [3.63, 3.8) is 0 Å². The minimum atomic E-state index is -0.150. The Hall–Kier alpha value is -2.01. The van der Waals surface area contributed by atoms with E-state index in [4.69, 9.17) is 12.2 Å². The zero-order chi connectivity index (χ0) is 15.6. The average Bonchev–Trinajstić information content (AvgIpc) is 2.78. The molecule has 0 aliphatic carbocycles. The molecule has 1 N–H and O–H groups in total. The number of hydrogen-bond donors (Lipinski definition) is 1. The summed E-state index contributed by atoms with van der Waals surface area (Å²) >= 11 is 5.19. The molecule has 22 heavy (non-hydrogen) atoms. The van der Waals surface area contributed by atoms with Gasteiger partial charge in [-0.1, -0.05) is 13.0 Å². The molecule has 0 saturated heterocycles. The maximum absolute atomic E-state index is 5.19. The molecule has 2 aromatic heterocycles. The maximum Gasteiger partial charge on any atom is 0.215 e. The van der Waals surface area contributed by atoms with Gasteiger partial charge < -0.3 is 4.57 Å². The highest BCUT2D eigenvalue weighted by Gasteiger charge is 2.30. The normalized spacial score (nSPS) is 16.3. The highest BCUT2D eigenvalue weighted by molar-refractivity contribution is 7.71. The van der Waals surface area contributed by atoms with Crippen LogP contribution in [-0.2, 0) is 12.0 Å². The molecular weight excluding hydrogens is 292 g/mol. The summed E-state index contributed by atoms with van der Waals surface area (Å²) in [4.78, 5) is 4.57. The van der Waals surface area contributed by atoms with Gasteiger partial charge in [-0.15, -0.1) is 0 Å². The summed E-state index contributed by atoms with van der Waals surface area (Å²) in [5.74, 6) is 0. The van der Waals surface area contributed by atoms with Crippen LogP contribution in [0.3, 0.4) is 0 Å². The van der Waals surface area contributed by atoms with E-state index >= 15 is 0 Å². The van der Waals surface area contributed by atoms with Crippen molar-refractivity contribution in [2.24, 2.45) is 0 Å². The topological polar surface area (TPSA) is 46.5 Å². The molecule has 0 spiro atoms. The van der Waals surface area contributed by atoms with Gasteiger partial charge in [0.1, 0.15) is 5.52 Å². The van der Waals surface area contributed by atoms with Crippen LogP contribution < -0.4 is 0 Å². The summed E-state index contributed by atoms with van der Waals surface area (Å²) in [6.07, 6.45) is 3.30. The van der Waals surface area contributed by atoms with E-state index in [1.165, 1.54) is 22.2 Å². The van der Waals surface area contributed by atoms with Gasteiger partial charge in [-0.3, -0.25) is 5.10 Å². The van der Waals surface area contributed by atoms with Crippen molar-refractivity contribution < 1.29 is 0 Å². The summed E-state index contributed by atoms with van der Waals surface area (Å²) in [5.41, 5.74) is 6.73. The van der Waals surface area contributed by atoms with E-state index in [0.29, 0.717) is 4.77 Å². The molecule has 5 heteroatoms. The molecule has 4 rings (SSSR count). The van der Waals surface area contributed by atoms with Gasteiger partial charge in [0.05, 0.1) is 11.1 Å². The minimum Gasteiger partial charge on any atom is -0.314 e. The Morgan fingerprint density at radius 1 is 1.32 bits per heavy atom. The van der Waals surface area contributed by atoms with Crippen LogP contribution in [0.4, 0.5) is 0 Å². The van der Waals surface area contributed by atoms with E-state index in [9.17, 15) is 0 Å². The van der Waals surface area contributed by atoms with E-state index in [2.05, 4.69) is 65.7 Å². The van der Waals surface area contributed by atoms with Crippen LogP contribution in [0.2, 0.25) is 0 Å². The van der Waals surface area contributed by atoms with Gasteiger partial charge in [-0.2, -0.15) is 10.1 Å². The highest BCUT2D eigenvalue weighted by atomic mass is 32.1. The molecule has 1 aliphatic heterocycles. The largest absolute Gasteiger partial charge is 0.314 e. The van der Waals surface area contributed by atoms with Gasteiger partial charge in [0.15, 0.2) is 5.65 Å². The van der Waals surface area contributed by atoms with Crippen molar-refractivity contribution in [3.05, 3.63) is 34.1 Å². The fraction of sp³-hybridized carbons (Fsp3) is 0.353. The van der Waals surface area contributed by atoms with Crippen molar-refractivity contribution in [3.8, 4) is 0 Å². The fourth-order valence-electron chi connectivity index (χ4n) is 3.62. The van der Waals surface area contributed by atoms with Gasteiger partial charge in [0.2, 0.25) is 4.77 Å². The predicted molar refractivity (Wildman–Crippen MR) is 92.6 cm³/mol. The van der Waals surface area contributed by atoms with Crippen LogP contribution in [0.15, 0.2) is 18.2 Å². The number of aryl methyl sites for hydroxylation is 1. The van der Waals surface area contributed by atoms with Gasteiger partial charge >= 0.3 is 0 Å². The van der Waals surface area contributed by atoms with Crippen molar-refractivity contribution in [2.45, 2.75) is 39.7 Å². The number of H-pyrrole nitrogens is 1. The van der Waals surface area contributed by atoms with E-state index < -0.39 is 0 Å². The fourth-order valence-corrected chi connectivity index (χ4v) is 3.76. The van der Waals surface area contributed by atoms with Crippen LogP contribution in [0.5, 0.6) is 0 Å². The van der Waals surface area contributed by atoms with E-state index in [1.54, 1.807) is 0 Å². The van der Waals surface area contributed by atoms with Crippen LogP contribution in [-0.4, -0.2) is 19.7 Å². The van der Waals surface area contributed by atoms with Crippen molar-refractivity contribution >= 4 is 39.9 Å². The maximum atomic E-state index is 5.19. The average molecular weight is 310 g/mol. The summed E-state index contributed by atoms with van der Waals surface area (Å²) in [6.45, 7) is 8.77. The third kappa shape index (κ3) is 1.66. The van der Waals surface area contributed by atoms with Crippen LogP contribution in [0.25, 0.3) is 27.6 Å². The molecule has 112 valence electrons. The molecule has 0 amide bonds.